The summed E-state index contributed by atoms with van der Waals surface area (Å²) >= 11 is 0. The van der Waals surface area contributed by atoms with E-state index in [-0.39, 0.29) is 0 Å². The molecule has 0 spiro atoms. The summed E-state index contributed by atoms with van der Waals surface area (Å²) in [5, 5.41) is 3.92. The lowest BCUT2D eigenvalue weighted by atomic mass is 10.0. The van der Waals surface area contributed by atoms with Crippen LogP contribution in [-0.4, -0.2) is 46.7 Å². The maximum atomic E-state index is 4.98. The molecular weight excluding hydrogens is 214 g/mol. The minimum atomic E-state index is 0.291. The summed E-state index contributed by atoms with van der Waals surface area (Å²) in [6.07, 6.45) is 1.77. The second kappa shape index (κ2) is 4.78. The summed E-state index contributed by atoms with van der Waals surface area (Å²) in [6, 6.07) is 0. The summed E-state index contributed by atoms with van der Waals surface area (Å²) in [7, 11) is 0. The first-order valence-electron chi connectivity index (χ1n) is 6.34. The third-order valence-electron chi connectivity index (χ3n) is 3.56. The molecule has 0 atom stereocenters. The lowest BCUT2D eigenvalue weighted by Crippen LogP contribution is -2.53. The highest BCUT2D eigenvalue weighted by molar-refractivity contribution is 5.12. The monoisotopic (exact) mass is 237 g/mol. The first-order chi connectivity index (χ1) is 7.97. The highest BCUT2D eigenvalue weighted by Gasteiger charge is 2.25. The molecule has 0 N–H and O–H groups in total. The van der Waals surface area contributed by atoms with Gasteiger partial charge in [0.2, 0.25) is 0 Å². The fraction of sp³-hybridized carbons (Fsp3) is 0.769. The fourth-order valence-corrected chi connectivity index (χ4v) is 2.28. The smallest absolute Gasteiger partial charge is 0.128 e. The number of hydrogen-bond donors (Lipinski definition) is 0. The molecule has 1 fully saturated rings. The molecule has 96 valence electrons. The van der Waals surface area contributed by atoms with Crippen molar-refractivity contribution in [2.45, 2.75) is 39.8 Å². The van der Waals surface area contributed by atoms with E-state index in [1.165, 1.54) is 5.56 Å². The molecule has 0 radical (unpaired) electrons. The molecule has 1 aliphatic heterocycles. The Bertz CT molecular complexity index is 359. The van der Waals surface area contributed by atoms with Crippen LogP contribution in [0.25, 0.3) is 0 Å². The molecule has 0 amide bonds. The average molecular weight is 237 g/mol. The van der Waals surface area contributed by atoms with Crippen LogP contribution in [-0.2, 0) is 6.54 Å². The first-order valence-corrected chi connectivity index (χ1v) is 6.34. The normalized spacial score (nSPS) is 19.8. The third-order valence-corrected chi connectivity index (χ3v) is 3.56. The Morgan fingerprint density at radius 1 is 1.24 bits per heavy atom. The van der Waals surface area contributed by atoms with E-state index >= 15 is 0 Å². The molecule has 2 rings (SSSR count). The van der Waals surface area contributed by atoms with Crippen LogP contribution in [0, 0.1) is 6.92 Å². The number of nitrogens with zero attached hydrogens (tertiary/aromatic N) is 3. The zero-order valence-electron chi connectivity index (χ0n) is 11.4. The molecule has 2 heterocycles. The largest absolute Gasteiger partial charge is 0.364 e. The Morgan fingerprint density at radius 3 is 2.35 bits per heavy atom. The lowest BCUT2D eigenvalue weighted by molar-refractivity contribution is 0.0589. The number of aryl methyl sites for hydroxylation is 1. The van der Waals surface area contributed by atoms with Crippen LogP contribution in [0.2, 0.25) is 0 Å². The number of rotatable bonds is 2. The van der Waals surface area contributed by atoms with Crippen molar-refractivity contribution in [2.24, 2.45) is 0 Å². The maximum Gasteiger partial charge on any atom is 0.128 e. The van der Waals surface area contributed by atoms with Crippen LogP contribution in [0.3, 0.4) is 0 Å². The fourth-order valence-electron chi connectivity index (χ4n) is 2.28. The van der Waals surface area contributed by atoms with E-state index in [1.807, 2.05) is 6.92 Å². The van der Waals surface area contributed by atoms with Gasteiger partial charge in [0.05, 0.1) is 5.69 Å². The van der Waals surface area contributed by atoms with Crippen molar-refractivity contribution in [1.29, 1.82) is 0 Å². The van der Waals surface area contributed by atoms with Crippen molar-refractivity contribution in [3.63, 3.8) is 0 Å². The highest BCUT2D eigenvalue weighted by atomic mass is 16.5. The third kappa shape index (κ3) is 3.07. The van der Waals surface area contributed by atoms with E-state index in [4.69, 9.17) is 4.52 Å². The summed E-state index contributed by atoms with van der Waals surface area (Å²) in [5.41, 5.74) is 2.52. The van der Waals surface area contributed by atoms with Crippen molar-refractivity contribution in [2.75, 3.05) is 26.2 Å². The standard InChI is InChI=1S/C13H23N3O/c1-11-12(10-17-14-11)9-15-5-7-16(8-6-15)13(2,3)4/h10H,5-9H2,1-4H3. The Kier molecular flexibility index (Phi) is 3.54. The van der Waals surface area contributed by atoms with Crippen molar-refractivity contribution in [1.82, 2.24) is 15.0 Å². The van der Waals surface area contributed by atoms with Gasteiger partial charge < -0.3 is 4.52 Å². The van der Waals surface area contributed by atoms with E-state index in [0.29, 0.717) is 5.54 Å². The van der Waals surface area contributed by atoms with E-state index < -0.39 is 0 Å². The molecule has 0 saturated carbocycles. The number of hydrogen-bond acceptors (Lipinski definition) is 4. The van der Waals surface area contributed by atoms with Gasteiger partial charge in [-0.2, -0.15) is 0 Å². The van der Waals surface area contributed by atoms with Crippen LogP contribution in [0.4, 0.5) is 0 Å². The quantitative estimate of drug-likeness (QED) is 0.786. The molecular formula is C13H23N3O. The van der Waals surface area contributed by atoms with Gasteiger partial charge in [0, 0.05) is 43.8 Å². The highest BCUT2D eigenvalue weighted by Crippen LogP contribution is 2.17. The number of aromatic nitrogens is 1. The van der Waals surface area contributed by atoms with Crippen LogP contribution in [0.1, 0.15) is 32.0 Å². The van der Waals surface area contributed by atoms with E-state index in [0.717, 1.165) is 38.4 Å². The molecule has 0 aromatic carbocycles. The predicted octanol–water partition coefficient (Wildman–Crippen LogP) is 1.90. The first kappa shape index (κ1) is 12.6. The minimum Gasteiger partial charge on any atom is -0.364 e. The van der Waals surface area contributed by atoms with Gasteiger partial charge in [-0.3, -0.25) is 9.80 Å². The van der Waals surface area contributed by atoms with Crippen molar-refractivity contribution in [3.05, 3.63) is 17.5 Å². The summed E-state index contributed by atoms with van der Waals surface area (Å²) < 4.78 is 4.98. The molecule has 4 nitrogen and oxygen atoms in total. The van der Waals surface area contributed by atoms with Gasteiger partial charge in [-0.1, -0.05) is 5.16 Å². The van der Waals surface area contributed by atoms with Crippen molar-refractivity contribution >= 4 is 0 Å². The molecule has 1 aromatic rings. The Labute approximate surface area is 104 Å². The molecule has 4 heteroatoms. The molecule has 1 aromatic heterocycles. The van der Waals surface area contributed by atoms with Crippen molar-refractivity contribution in [3.8, 4) is 0 Å². The molecule has 0 unspecified atom stereocenters. The van der Waals surface area contributed by atoms with Crippen LogP contribution in [0.15, 0.2) is 10.8 Å². The number of piperazine rings is 1. The van der Waals surface area contributed by atoms with Gasteiger partial charge >= 0.3 is 0 Å². The second-order valence-corrected chi connectivity index (χ2v) is 5.86. The van der Waals surface area contributed by atoms with Crippen LogP contribution in [0.5, 0.6) is 0 Å². The Hall–Kier alpha value is -0.870. The summed E-state index contributed by atoms with van der Waals surface area (Å²) in [5.74, 6) is 0. The maximum absolute atomic E-state index is 4.98. The van der Waals surface area contributed by atoms with Crippen LogP contribution < -0.4 is 0 Å². The van der Waals surface area contributed by atoms with Gasteiger partial charge in [-0.15, -0.1) is 0 Å². The Morgan fingerprint density at radius 2 is 1.88 bits per heavy atom. The van der Waals surface area contributed by atoms with Gasteiger partial charge in [0.25, 0.3) is 0 Å². The molecule has 1 aliphatic rings. The molecule has 0 aliphatic carbocycles. The van der Waals surface area contributed by atoms with E-state index in [1.54, 1.807) is 6.26 Å². The van der Waals surface area contributed by atoms with Gasteiger partial charge in [-0.05, 0) is 27.7 Å². The lowest BCUT2D eigenvalue weighted by Gasteiger charge is -2.42. The van der Waals surface area contributed by atoms with E-state index in [2.05, 4.69) is 35.7 Å². The SMILES string of the molecule is Cc1nocc1CN1CCN(C(C)(C)C)CC1. The summed E-state index contributed by atoms with van der Waals surface area (Å²) in [4.78, 5) is 5.02. The van der Waals surface area contributed by atoms with Crippen molar-refractivity contribution < 1.29 is 4.52 Å². The Balaban J connectivity index is 1.86. The topological polar surface area (TPSA) is 32.5 Å². The molecule has 17 heavy (non-hydrogen) atoms. The zero-order valence-corrected chi connectivity index (χ0v) is 11.4. The van der Waals surface area contributed by atoms with Gasteiger partial charge in [-0.25, -0.2) is 0 Å². The zero-order chi connectivity index (χ0) is 12.5. The minimum absolute atomic E-state index is 0.291. The van der Waals surface area contributed by atoms with Gasteiger partial charge in [0.15, 0.2) is 0 Å². The van der Waals surface area contributed by atoms with Crippen LogP contribution >= 0.6 is 0 Å². The van der Waals surface area contributed by atoms with E-state index in [9.17, 15) is 0 Å². The average Bonchev–Trinajstić information content (AvgIpc) is 2.64. The van der Waals surface area contributed by atoms with Gasteiger partial charge in [0.1, 0.15) is 6.26 Å². The predicted molar refractivity (Wildman–Crippen MR) is 67.8 cm³/mol. The summed E-state index contributed by atoms with van der Waals surface area (Å²) in [6.45, 7) is 14.4. The second-order valence-electron chi connectivity index (χ2n) is 5.86. The molecule has 0 bridgehead atoms. The molecule has 1 saturated heterocycles.